The van der Waals surface area contributed by atoms with Gasteiger partial charge < -0.3 is 9.64 Å². The molecule has 4 nitrogen and oxygen atoms in total. The molecule has 0 aliphatic carbocycles. The maximum Gasteiger partial charge on any atom is 0.226 e. The van der Waals surface area contributed by atoms with E-state index in [9.17, 15) is 4.79 Å². The highest BCUT2D eigenvalue weighted by Crippen LogP contribution is 2.17. The van der Waals surface area contributed by atoms with Gasteiger partial charge in [-0.05, 0) is 30.7 Å². The summed E-state index contributed by atoms with van der Waals surface area (Å²) in [5.74, 6) is 0.885. The van der Waals surface area contributed by atoms with Crippen molar-refractivity contribution in [3.8, 4) is 5.75 Å². The Morgan fingerprint density at radius 1 is 1.08 bits per heavy atom. The Balaban J connectivity index is 1.56. The van der Waals surface area contributed by atoms with Gasteiger partial charge in [-0.15, -0.1) is 0 Å². The van der Waals surface area contributed by atoms with Crippen LogP contribution < -0.4 is 4.74 Å². The third kappa shape index (κ3) is 4.35. The van der Waals surface area contributed by atoms with E-state index in [-0.39, 0.29) is 5.91 Å². The highest BCUT2D eigenvalue weighted by atomic mass is 16.5. The van der Waals surface area contributed by atoms with Crippen LogP contribution in [0.1, 0.15) is 11.1 Å². The number of likely N-dealkylation sites (N-methyl/N-ethyl adjacent to an activating group) is 1. The number of benzene rings is 2. The van der Waals surface area contributed by atoms with E-state index in [0.29, 0.717) is 19.6 Å². The fourth-order valence-corrected chi connectivity index (χ4v) is 2.67. The SMILES string of the molecule is Cc1ccc(OCCN(C)C(=O)Cc2cccc3cccnc23)cc1. The molecule has 0 aliphatic rings. The average molecular weight is 334 g/mol. The standard InChI is InChI=1S/C21H22N2O2/c1-16-8-10-19(11-9-16)25-14-13-23(2)20(24)15-18-6-3-5-17-7-4-12-22-21(17)18/h3-12H,13-15H2,1-2H3. The molecule has 0 atom stereocenters. The van der Waals surface area contributed by atoms with Crippen LogP contribution in [0.3, 0.4) is 0 Å². The topological polar surface area (TPSA) is 42.4 Å². The van der Waals surface area contributed by atoms with E-state index < -0.39 is 0 Å². The number of fused-ring (bicyclic) bond motifs is 1. The number of pyridine rings is 1. The Bertz CT molecular complexity index is 854. The van der Waals surface area contributed by atoms with Crippen molar-refractivity contribution >= 4 is 16.8 Å². The minimum Gasteiger partial charge on any atom is -0.492 e. The Morgan fingerprint density at radius 3 is 2.64 bits per heavy atom. The quantitative estimate of drug-likeness (QED) is 0.691. The van der Waals surface area contributed by atoms with Crippen LogP contribution in [0.2, 0.25) is 0 Å². The highest BCUT2D eigenvalue weighted by molar-refractivity contribution is 5.87. The van der Waals surface area contributed by atoms with E-state index >= 15 is 0 Å². The third-order valence-corrected chi connectivity index (χ3v) is 4.20. The molecule has 1 aromatic heterocycles. The van der Waals surface area contributed by atoms with E-state index in [1.807, 2.05) is 61.5 Å². The Hall–Kier alpha value is -2.88. The van der Waals surface area contributed by atoms with E-state index in [1.54, 1.807) is 18.1 Å². The highest BCUT2D eigenvalue weighted by Gasteiger charge is 2.12. The van der Waals surface area contributed by atoms with Crippen molar-refractivity contribution in [3.63, 3.8) is 0 Å². The molecular weight excluding hydrogens is 312 g/mol. The average Bonchev–Trinajstić information content (AvgIpc) is 2.63. The minimum atomic E-state index is 0.0608. The number of amides is 1. The Morgan fingerprint density at radius 2 is 1.84 bits per heavy atom. The monoisotopic (exact) mass is 334 g/mol. The van der Waals surface area contributed by atoms with Gasteiger partial charge in [0.05, 0.1) is 18.5 Å². The lowest BCUT2D eigenvalue weighted by molar-refractivity contribution is -0.129. The number of rotatable bonds is 6. The van der Waals surface area contributed by atoms with Crippen molar-refractivity contribution in [3.05, 3.63) is 71.9 Å². The first-order chi connectivity index (χ1) is 12.1. The summed E-state index contributed by atoms with van der Waals surface area (Å²) in [6.07, 6.45) is 2.10. The van der Waals surface area contributed by atoms with Crippen LogP contribution in [0.4, 0.5) is 0 Å². The van der Waals surface area contributed by atoms with Crippen LogP contribution in [-0.2, 0) is 11.2 Å². The maximum absolute atomic E-state index is 12.5. The predicted molar refractivity (Wildman–Crippen MR) is 99.8 cm³/mol. The van der Waals surface area contributed by atoms with E-state index in [4.69, 9.17) is 4.74 Å². The molecule has 0 radical (unpaired) electrons. The number of hydrogen-bond donors (Lipinski definition) is 0. The fraction of sp³-hybridized carbons (Fsp3) is 0.238. The van der Waals surface area contributed by atoms with Crippen molar-refractivity contribution in [2.45, 2.75) is 13.3 Å². The minimum absolute atomic E-state index is 0.0608. The molecule has 0 saturated carbocycles. The largest absolute Gasteiger partial charge is 0.492 e. The summed E-state index contributed by atoms with van der Waals surface area (Å²) >= 11 is 0. The number of aryl methyl sites for hydroxylation is 1. The van der Waals surface area contributed by atoms with Crippen LogP contribution in [0, 0.1) is 6.92 Å². The molecule has 1 amide bonds. The van der Waals surface area contributed by atoms with Gasteiger partial charge in [-0.1, -0.05) is 42.0 Å². The van der Waals surface area contributed by atoms with Crippen LogP contribution in [0.25, 0.3) is 10.9 Å². The van der Waals surface area contributed by atoms with Gasteiger partial charge in [0.2, 0.25) is 5.91 Å². The zero-order chi connectivity index (χ0) is 17.6. The maximum atomic E-state index is 12.5. The molecule has 2 aromatic carbocycles. The lowest BCUT2D eigenvalue weighted by Crippen LogP contribution is -2.32. The summed E-state index contributed by atoms with van der Waals surface area (Å²) in [4.78, 5) is 18.6. The zero-order valence-electron chi connectivity index (χ0n) is 14.6. The molecule has 4 heteroatoms. The van der Waals surface area contributed by atoms with Crippen LogP contribution >= 0.6 is 0 Å². The van der Waals surface area contributed by atoms with Gasteiger partial charge in [0.1, 0.15) is 12.4 Å². The second-order valence-corrected chi connectivity index (χ2v) is 6.15. The predicted octanol–water partition coefficient (Wildman–Crippen LogP) is 3.62. The summed E-state index contributed by atoms with van der Waals surface area (Å²) in [6.45, 7) is 3.06. The molecule has 0 N–H and O–H groups in total. The third-order valence-electron chi connectivity index (χ3n) is 4.20. The van der Waals surface area contributed by atoms with Crippen LogP contribution in [0.5, 0.6) is 5.75 Å². The molecule has 0 saturated heterocycles. The number of para-hydroxylation sites is 1. The molecule has 3 rings (SSSR count). The summed E-state index contributed by atoms with van der Waals surface area (Å²) in [6, 6.07) is 17.8. The molecule has 0 spiro atoms. The van der Waals surface area contributed by atoms with Crippen molar-refractivity contribution < 1.29 is 9.53 Å². The molecule has 0 bridgehead atoms. The first-order valence-electron chi connectivity index (χ1n) is 8.39. The van der Waals surface area contributed by atoms with Crippen molar-refractivity contribution in [1.82, 2.24) is 9.88 Å². The summed E-state index contributed by atoms with van der Waals surface area (Å²) in [5, 5.41) is 1.05. The normalized spacial score (nSPS) is 10.6. The molecule has 25 heavy (non-hydrogen) atoms. The molecule has 0 aliphatic heterocycles. The summed E-state index contributed by atoms with van der Waals surface area (Å²) in [5.41, 5.74) is 3.04. The summed E-state index contributed by atoms with van der Waals surface area (Å²) < 4.78 is 5.70. The molecule has 0 fully saturated rings. The zero-order valence-corrected chi connectivity index (χ0v) is 14.6. The lowest BCUT2D eigenvalue weighted by atomic mass is 10.1. The van der Waals surface area contributed by atoms with E-state index in [0.717, 1.165) is 22.2 Å². The van der Waals surface area contributed by atoms with E-state index in [1.165, 1.54) is 5.56 Å². The number of ether oxygens (including phenoxy) is 1. The van der Waals surface area contributed by atoms with Crippen LogP contribution in [-0.4, -0.2) is 36.0 Å². The number of aromatic nitrogens is 1. The molecule has 1 heterocycles. The van der Waals surface area contributed by atoms with Gasteiger partial charge in [-0.2, -0.15) is 0 Å². The van der Waals surface area contributed by atoms with Crippen molar-refractivity contribution in [2.75, 3.05) is 20.2 Å². The number of hydrogen-bond acceptors (Lipinski definition) is 3. The van der Waals surface area contributed by atoms with Crippen molar-refractivity contribution in [1.29, 1.82) is 0 Å². The second kappa shape index (κ2) is 7.79. The van der Waals surface area contributed by atoms with Gasteiger partial charge in [0.25, 0.3) is 0 Å². The first-order valence-corrected chi connectivity index (χ1v) is 8.39. The number of nitrogens with zero attached hydrogens (tertiary/aromatic N) is 2. The van der Waals surface area contributed by atoms with Gasteiger partial charge >= 0.3 is 0 Å². The lowest BCUT2D eigenvalue weighted by Gasteiger charge is -2.18. The number of carbonyl (C=O) groups is 1. The summed E-state index contributed by atoms with van der Waals surface area (Å²) in [7, 11) is 1.80. The second-order valence-electron chi connectivity index (χ2n) is 6.15. The van der Waals surface area contributed by atoms with E-state index in [2.05, 4.69) is 4.98 Å². The molecule has 128 valence electrons. The first kappa shape index (κ1) is 17.0. The molecular formula is C21H22N2O2. The fourth-order valence-electron chi connectivity index (χ4n) is 2.67. The van der Waals surface area contributed by atoms with Crippen LogP contribution in [0.15, 0.2) is 60.8 Å². The van der Waals surface area contributed by atoms with Gasteiger partial charge in [-0.25, -0.2) is 0 Å². The smallest absolute Gasteiger partial charge is 0.226 e. The Labute approximate surface area is 148 Å². The van der Waals surface area contributed by atoms with Crippen molar-refractivity contribution in [2.24, 2.45) is 0 Å². The Kier molecular flexibility index (Phi) is 5.29. The van der Waals surface area contributed by atoms with Gasteiger partial charge in [-0.3, -0.25) is 9.78 Å². The molecule has 0 unspecified atom stereocenters. The number of carbonyl (C=O) groups excluding carboxylic acids is 1. The van der Waals surface area contributed by atoms with Gasteiger partial charge in [0.15, 0.2) is 0 Å². The molecule has 3 aromatic rings. The van der Waals surface area contributed by atoms with Gasteiger partial charge in [0, 0.05) is 18.6 Å².